The molecular weight excluding hydrogens is 476 g/mol. The van der Waals surface area contributed by atoms with Crippen LogP contribution < -0.4 is 24.4 Å². The van der Waals surface area contributed by atoms with Crippen LogP contribution in [-0.4, -0.2) is 44.7 Å². The van der Waals surface area contributed by atoms with Gasteiger partial charge in [0, 0.05) is 18.7 Å². The molecule has 4 rings (SSSR count). The molecule has 0 radical (unpaired) electrons. The zero-order valence-electron chi connectivity index (χ0n) is 20.6. The highest BCUT2D eigenvalue weighted by molar-refractivity contribution is 6.00. The molecule has 37 heavy (non-hydrogen) atoms. The van der Waals surface area contributed by atoms with Crippen molar-refractivity contribution in [1.82, 2.24) is 0 Å². The molecule has 1 saturated heterocycles. The largest absolute Gasteiger partial charge is 0.493 e. The molecule has 1 fully saturated rings. The van der Waals surface area contributed by atoms with Crippen molar-refractivity contribution in [2.75, 3.05) is 37.1 Å². The van der Waals surface area contributed by atoms with E-state index in [0.29, 0.717) is 41.0 Å². The van der Waals surface area contributed by atoms with Gasteiger partial charge < -0.3 is 29.2 Å². The summed E-state index contributed by atoms with van der Waals surface area (Å²) >= 11 is 0. The highest BCUT2D eigenvalue weighted by atomic mass is 16.5. The van der Waals surface area contributed by atoms with Gasteiger partial charge in [-0.15, -0.1) is 0 Å². The van der Waals surface area contributed by atoms with E-state index < -0.39 is 24.4 Å². The zero-order chi connectivity index (χ0) is 26.2. The third-order valence-electron chi connectivity index (χ3n) is 5.71. The predicted molar refractivity (Wildman–Crippen MR) is 137 cm³/mol. The van der Waals surface area contributed by atoms with E-state index in [2.05, 4.69) is 5.32 Å². The van der Waals surface area contributed by atoms with E-state index >= 15 is 0 Å². The fourth-order valence-corrected chi connectivity index (χ4v) is 3.93. The number of rotatable bonds is 10. The quantitative estimate of drug-likeness (QED) is 0.408. The van der Waals surface area contributed by atoms with Crippen LogP contribution in [0.4, 0.5) is 11.4 Å². The van der Waals surface area contributed by atoms with Crippen LogP contribution in [0.2, 0.25) is 0 Å². The van der Waals surface area contributed by atoms with Gasteiger partial charge in [-0.25, -0.2) is 0 Å². The second-order valence-corrected chi connectivity index (χ2v) is 8.24. The van der Waals surface area contributed by atoms with Crippen molar-refractivity contribution in [3.8, 4) is 23.0 Å². The van der Waals surface area contributed by atoms with Gasteiger partial charge in [0.2, 0.25) is 5.91 Å². The molecule has 0 aromatic heterocycles. The van der Waals surface area contributed by atoms with Crippen LogP contribution >= 0.6 is 0 Å². The summed E-state index contributed by atoms with van der Waals surface area (Å²) in [5, 5.41) is 2.68. The SMILES string of the molecule is CCOc1ccccc1NC(=O)COC(=O)[C@@H]1CC(=O)N(c2ccc(Oc3ccccc3OC)cc2)C1. The van der Waals surface area contributed by atoms with Crippen molar-refractivity contribution >= 4 is 29.2 Å². The molecule has 0 aliphatic carbocycles. The van der Waals surface area contributed by atoms with Crippen LogP contribution in [0.25, 0.3) is 0 Å². The number of hydrogen-bond acceptors (Lipinski definition) is 7. The molecule has 1 atom stereocenters. The Kier molecular flexibility index (Phi) is 8.25. The fraction of sp³-hybridized carbons (Fsp3) is 0.250. The average molecular weight is 505 g/mol. The van der Waals surface area contributed by atoms with E-state index in [9.17, 15) is 14.4 Å². The third-order valence-corrected chi connectivity index (χ3v) is 5.71. The van der Waals surface area contributed by atoms with E-state index in [1.54, 1.807) is 67.8 Å². The minimum Gasteiger partial charge on any atom is -0.493 e. The molecule has 0 saturated carbocycles. The van der Waals surface area contributed by atoms with Gasteiger partial charge in [0.25, 0.3) is 5.91 Å². The molecule has 3 aromatic carbocycles. The molecule has 1 heterocycles. The molecule has 1 N–H and O–H groups in total. The van der Waals surface area contributed by atoms with Crippen molar-refractivity contribution in [3.05, 3.63) is 72.8 Å². The van der Waals surface area contributed by atoms with Crippen LogP contribution in [0.15, 0.2) is 72.8 Å². The molecule has 1 aliphatic heterocycles. The van der Waals surface area contributed by atoms with Crippen molar-refractivity contribution in [3.63, 3.8) is 0 Å². The first-order valence-electron chi connectivity index (χ1n) is 11.9. The topological polar surface area (TPSA) is 103 Å². The molecule has 192 valence electrons. The Morgan fingerprint density at radius 3 is 2.32 bits per heavy atom. The highest BCUT2D eigenvalue weighted by Crippen LogP contribution is 2.33. The summed E-state index contributed by atoms with van der Waals surface area (Å²) in [4.78, 5) is 39.0. The molecule has 2 amide bonds. The number of benzene rings is 3. The van der Waals surface area contributed by atoms with Gasteiger partial charge in [-0.2, -0.15) is 0 Å². The molecule has 0 spiro atoms. The van der Waals surface area contributed by atoms with Crippen LogP contribution in [0.1, 0.15) is 13.3 Å². The smallest absolute Gasteiger partial charge is 0.311 e. The number of carbonyl (C=O) groups excluding carboxylic acids is 3. The maximum atomic E-state index is 12.6. The van der Waals surface area contributed by atoms with E-state index in [1.165, 1.54) is 4.90 Å². The number of ether oxygens (including phenoxy) is 4. The highest BCUT2D eigenvalue weighted by Gasteiger charge is 2.36. The zero-order valence-corrected chi connectivity index (χ0v) is 20.6. The van der Waals surface area contributed by atoms with E-state index in [0.717, 1.165) is 0 Å². The lowest BCUT2D eigenvalue weighted by Crippen LogP contribution is -2.28. The number of esters is 1. The summed E-state index contributed by atoms with van der Waals surface area (Å²) in [5.41, 5.74) is 1.13. The Labute approximate surface area is 214 Å². The molecule has 9 heteroatoms. The molecule has 3 aromatic rings. The average Bonchev–Trinajstić information content (AvgIpc) is 3.31. The minimum atomic E-state index is -0.666. The van der Waals surface area contributed by atoms with Crippen LogP contribution in [0.5, 0.6) is 23.0 Å². The number of nitrogens with one attached hydrogen (secondary N) is 1. The molecular formula is C28H28N2O7. The Balaban J connectivity index is 1.30. The number of methoxy groups -OCH3 is 1. The second-order valence-electron chi connectivity index (χ2n) is 8.24. The summed E-state index contributed by atoms with van der Waals surface area (Å²) in [5.74, 6) is 0.329. The van der Waals surface area contributed by atoms with Gasteiger partial charge in [0.15, 0.2) is 18.1 Å². The minimum absolute atomic E-state index is 0.00704. The normalized spacial score (nSPS) is 14.7. The Hall–Kier alpha value is -4.53. The van der Waals surface area contributed by atoms with Gasteiger partial charge in [-0.05, 0) is 55.5 Å². The lowest BCUT2D eigenvalue weighted by atomic mass is 10.1. The number of amides is 2. The van der Waals surface area contributed by atoms with Crippen molar-refractivity contribution in [2.24, 2.45) is 5.92 Å². The molecule has 1 aliphatic rings. The fourth-order valence-electron chi connectivity index (χ4n) is 3.93. The standard InChI is InChI=1S/C28H28N2O7/c1-3-35-23-9-5-4-8-22(23)29-26(31)18-36-28(33)19-16-27(32)30(17-19)20-12-14-21(15-13-20)37-25-11-7-6-10-24(25)34-2/h4-15,19H,3,16-18H2,1-2H3,(H,29,31)/t19-/m1/s1. The summed E-state index contributed by atoms with van der Waals surface area (Å²) < 4.78 is 21.8. The Morgan fingerprint density at radius 2 is 1.62 bits per heavy atom. The molecule has 9 nitrogen and oxygen atoms in total. The maximum absolute atomic E-state index is 12.6. The first-order chi connectivity index (χ1) is 18.0. The van der Waals surface area contributed by atoms with Crippen LogP contribution in [-0.2, 0) is 19.1 Å². The Morgan fingerprint density at radius 1 is 0.946 bits per heavy atom. The number of nitrogens with zero attached hydrogens (tertiary/aromatic N) is 1. The number of para-hydroxylation sites is 4. The summed E-state index contributed by atoms with van der Waals surface area (Å²) in [7, 11) is 1.57. The molecule has 0 unspecified atom stereocenters. The number of carbonyl (C=O) groups is 3. The van der Waals surface area contributed by atoms with E-state index in [1.807, 2.05) is 19.1 Å². The van der Waals surface area contributed by atoms with Gasteiger partial charge >= 0.3 is 5.97 Å². The second kappa shape index (κ2) is 11.9. The van der Waals surface area contributed by atoms with Crippen LogP contribution in [0.3, 0.4) is 0 Å². The predicted octanol–water partition coefficient (Wildman–Crippen LogP) is 4.42. The third kappa shape index (κ3) is 6.38. The van der Waals surface area contributed by atoms with Gasteiger partial charge in [0.05, 0.1) is 25.3 Å². The van der Waals surface area contributed by atoms with Gasteiger partial charge in [-0.3, -0.25) is 14.4 Å². The number of hydrogen-bond donors (Lipinski definition) is 1. The van der Waals surface area contributed by atoms with Crippen LogP contribution in [0, 0.1) is 5.92 Å². The maximum Gasteiger partial charge on any atom is 0.311 e. The van der Waals surface area contributed by atoms with E-state index in [4.69, 9.17) is 18.9 Å². The first-order valence-corrected chi connectivity index (χ1v) is 11.9. The summed E-state index contributed by atoms with van der Waals surface area (Å²) in [6.07, 6.45) is 0.00704. The lowest BCUT2D eigenvalue weighted by Gasteiger charge is -2.17. The van der Waals surface area contributed by atoms with Gasteiger partial charge in [-0.1, -0.05) is 24.3 Å². The van der Waals surface area contributed by atoms with E-state index in [-0.39, 0.29) is 18.9 Å². The first kappa shape index (κ1) is 25.6. The summed E-state index contributed by atoms with van der Waals surface area (Å²) in [6.45, 7) is 2.00. The van der Waals surface area contributed by atoms with Crippen molar-refractivity contribution in [2.45, 2.75) is 13.3 Å². The van der Waals surface area contributed by atoms with Gasteiger partial charge in [0.1, 0.15) is 11.5 Å². The Bertz CT molecular complexity index is 1260. The monoisotopic (exact) mass is 504 g/mol. The lowest BCUT2D eigenvalue weighted by molar-refractivity contribution is -0.151. The van der Waals surface area contributed by atoms with Crippen molar-refractivity contribution in [1.29, 1.82) is 0 Å². The van der Waals surface area contributed by atoms with Crippen molar-refractivity contribution < 1.29 is 33.3 Å². The molecule has 0 bridgehead atoms. The summed E-state index contributed by atoms with van der Waals surface area (Å²) in [6, 6.07) is 21.3. The number of anilines is 2.